The minimum Gasteiger partial charge on any atom is -0.494 e. The van der Waals surface area contributed by atoms with Gasteiger partial charge in [-0.2, -0.15) is 0 Å². The lowest BCUT2D eigenvalue weighted by Crippen LogP contribution is -2.58. The Hall–Kier alpha value is -6.76. The maximum atomic E-state index is 13.5. The second-order valence-corrected chi connectivity index (χ2v) is 16.9. The predicted octanol–water partition coefficient (Wildman–Crippen LogP) is 4.94. The number of amidine groups is 2. The molecule has 4 aromatic rings. The number of nitrogens with zero attached hydrogens (tertiary/aromatic N) is 3. The summed E-state index contributed by atoms with van der Waals surface area (Å²) in [5.74, 6) is -0.218. The molecule has 0 aliphatic carbocycles. The van der Waals surface area contributed by atoms with Crippen molar-refractivity contribution in [2.45, 2.75) is 82.5 Å². The number of carbonyl (C=O) groups is 4. The van der Waals surface area contributed by atoms with E-state index < -0.39 is 17.5 Å². The van der Waals surface area contributed by atoms with Crippen LogP contribution >= 0.6 is 0 Å². The van der Waals surface area contributed by atoms with Gasteiger partial charge in [-0.05, 0) is 113 Å². The molecule has 2 saturated heterocycles. The van der Waals surface area contributed by atoms with Crippen molar-refractivity contribution in [2.24, 2.45) is 0 Å². The number of hydrogen-bond donors (Lipinski definition) is 8. The molecule has 0 radical (unpaired) electrons. The minimum absolute atomic E-state index is 0.0172. The first-order chi connectivity index (χ1) is 32.6. The summed E-state index contributed by atoms with van der Waals surface area (Å²) in [6.07, 6.45) is 8.58. The number of carbonyl (C=O) groups excluding carboxylic acids is 4. The van der Waals surface area contributed by atoms with E-state index in [2.05, 4.69) is 41.9 Å². The summed E-state index contributed by atoms with van der Waals surface area (Å²) < 4.78 is 17.6. The standard InChI is InChI=1S/C49H61N11O7/c1-33(56-45(62)35-10-6-11-36(29-35)59-49(18-21-52-22-19-49)48(51)58-44(50)41-17-20-53-32-55-41)34-9-7-12-37(30-34)67-25-5-3-2-4-24-65-27-28-66-26-23-54-40-14-8-13-38-39(40)31-60(47(38)64)42-15-16-43(61)57-46(42)63/h6-14,17,20,29-30,32-33,42,52,54,59H,2-5,15-16,18-19,21-28,31H2,1H3,(H,56,62)(H3,50,51,58)(H,57,61,63)/t33-,42?/m1/s1. The van der Waals surface area contributed by atoms with Crippen LogP contribution in [0.2, 0.25) is 0 Å². The molecule has 7 rings (SSSR count). The summed E-state index contributed by atoms with van der Waals surface area (Å²) in [6, 6.07) is 21.3. The van der Waals surface area contributed by atoms with Crippen LogP contribution in [0.3, 0.4) is 0 Å². The van der Waals surface area contributed by atoms with Gasteiger partial charge >= 0.3 is 0 Å². The summed E-state index contributed by atoms with van der Waals surface area (Å²) in [5, 5.41) is 36.1. The summed E-state index contributed by atoms with van der Waals surface area (Å²) in [6.45, 7) is 6.87. The Labute approximate surface area is 390 Å². The number of rotatable bonds is 23. The number of benzene rings is 3. The molecule has 8 N–H and O–H groups in total. The number of fused-ring (bicyclic) bond motifs is 1. The third-order valence-electron chi connectivity index (χ3n) is 12.2. The van der Waals surface area contributed by atoms with Crippen molar-refractivity contribution in [1.82, 2.24) is 36.1 Å². The van der Waals surface area contributed by atoms with E-state index in [-0.39, 0.29) is 41.9 Å². The van der Waals surface area contributed by atoms with Gasteiger partial charge in [0.2, 0.25) is 11.8 Å². The van der Waals surface area contributed by atoms with Gasteiger partial charge < -0.3 is 45.7 Å². The molecule has 354 valence electrons. The zero-order valence-electron chi connectivity index (χ0n) is 38.0. The molecule has 1 unspecified atom stereocenters. The van der Waals surface area contributed by atoms with Gasteiger partial charge in [0.1, 0.15) is 35.5 Å². The van der Waals surface area contributed by atoms with Crippen LogP contribution in [0.25, 0.3) is 0 Å². The van der Waals surface area contributed by atoms with E-state index in [1.807, 2.05) is 55.5 Å². The average molecular weight is 916 g/mol. The molecular formula is C49H61N11O7. The van der Waals surface area contributed by atoms with Gasteiger partial charge in [-0.1, -0.05) is 30.7 Å². The molecule has 18 nitrogen and oxygen atoms in total. The van der Waals surface area contributed by atoms with Crippen molar-refractivity contribution in [1.29, 1.82) is 10.8 Å². The van der Waals surface area contributed by atoms with Crippen LogP contribution in [-0.2, 0) is 25.6 Å². The molecule has 3 aliphatic rings. The topological polar surface area (TPSA) is 245 Å². The Morgan fingerprint density at radius 3 is 2.48 bits per heavy atom. The summed E-state index contributed by atoms with van der Waals surface area (Å²) in [7, 11) is 0. The van der Waals surface area contributed by atoms with Crippen molar-refractivity contribution in [3.8, 4) is 5.75 Å². The molecule has 2 atom stereocenters. The van der Waals surface area contributed by atoms with Crippen LogP contribution in [0, 0.1) is 10.8 Å². The Bertz CT molecular complexity index is 2380. The fraction of sp³-hybridized carbons (Fsp3) is 0.429. The molecular weight excluding hydrogens is 855 g/mol. The highest BCUT2D eigenvalue weighted by molar-refractivity contribution is 6.10. The number of aromatic nitrogens is 2. The van der Waals surface area contributed by atoms with E-state index in [1.165, 1.54) is 6.33 Å². The monoisotopic (exact) mass is 915 g/mol. The van der Waals surface area contributed by atoms with E-state index in [9.17, 15) is 19.2 Å². The molecule has 3 aromatic carbocycles. The molecule has 18 heteroatoms. The first-order valence-electron chi connectivity index (χ1n) is 23.1. The third-order valence-corrected chi connectivity index (χ3v) is 12.2. The van der Waals surface area contributed by atoms with E-state index >= 15 is 0 Å². The van der Waals surface area contributed by atoms with E-state index in [4.69, 9.17) is 25.0 Å². The van der Waals surface area contributed by atoms with Crippen molar-refractivity contribution in [3.63, 3.8) is 0 Å². The number of amides is 4. The maximum absolute atomic E-state index is 13.5. The average Bonchev–Trinajstić information content (AvgIpc) is 3.68. The lowest BCUT2D eigenvalue weighted by molar-refractivity contribution is -0.136. The number of piperidine rings is 2. The smallest absolute Gasteiger partial charge is 0.255 e. The Kier molecular flexibility index (Phi) is 17.0. The van der Waals surface area contributed by atoms with Crippen LogP contribution in [0.15, 0.2) is 85.3 Å². The molecule has 0 bridgehead atoms. The van der Waals surface area contributed by atoms with Crippen LogP contribution in [0.1, 0.15) is 102 Å². The summed E-state index contributed by atoms with van der Waals surface area (Å²) >= 11 is 0. The molecule has 3 aliphatic heterocycles. The lowest BCUT2D eigenvalue weighted by Gasteiger charge is -2.39. The molecule has 1 aromatic heterocycles. The van der Waals surface area contributed by atoms with Gasteiger partial charge in [-0.15, -0.1) is 0 Å². The van der Waals surface area contributed by atoms with Crippen molar-refractivity contribution >= 4 is 46.7 Å². The van der Waals surface area contributed by atoms with E-state index in [0.717, 1.165) is 48.2 Å². The van der Waals surface area contributed by atoms with Crippen LogP contribution < -0.4 is 36.6 Å². The number of anilines is 2. The first-order valence-corrected chi connectivity index (χ1v) is 23.1. The fourth-order valence-corrected chi connectivity index (χ4v) is 8.47. The Morgan fingerprint density at radius 1 is 0.910 bits per heavy atom. The number of unbranched alkanes of at least 4 members (excludes halogenated alkanes) is 3. The Balaban J connectivity index is 0.746. The molecule has 0 saturated carbocycles. The number of nitrogens with one attached hydrogen (secondary N) is 8. The van der Waals surface area contributed by atoms with Crippen molar-refractivity contribution in [3.05, 3.63) is 113 Å². The van der Waals surface area contributed by atoms with Crippen LogP contribution in [-0.4, -0.2) is 114 Å². The van der Waals surface area contributed by atoms with Gasteiger partial charge in [0.25, 0.3) is 11.8 Å². The zero-order valence-corrected chi connectivity index (χ0v) is 38.0. The van der Waals surface area contributed by atoms with Gasteiger partial charge in [0.15, 0.2) is 0 Å². The van der Waals surface area contributed by atoms with Gasteiger partial charge in [0, 0.05) is 60.4 Å². The predicted molar refractivity (Wildman–Crippen MR) is 254 cm³/mol. The second-order valence-electron chi connectivity index (χ2n) is 16.9. The van der Waals surface area contributed by atoms with Crippen LogP contribution in [0.4, 0.5) is 11.4 Å². The SMILES string of the molecule is C[C@@H](NC(=O)c1cccc(NC2(C(=N)NC(=N)c3ccncn3)CCNCC2)c1)c1cccc(OCCCCCCOCCOCCNc2cccc3c2CN(C2CCC(=O)NC2=O)C3=O)c1. The number of imide groups is 1. The van der Waals surface area contributed by atoms with Crippen molar-refractivity contribution in [2.75, 3.05) is 63.3 Å². The quantitative estimate of drug-likeness (QED) is 0.0213. The van der Waals surface area contributed by atoms with Gasteiger partial charge in [0.05, 0.1) is 38.0 Å². The fourth-order valence-electron chi connectivity index (χ4n) is 8.47. The summed E-state index contributed by atoms with van der Waals surface area (Å²) in [4.78, 5) is 60.1. The number of hydrogen-bond acceptors (Lipinski definition) is 14. The first kappa shape index (κ1) is 48.2. The highest BCUT2D eigenvalue weighted by Crippen LogP contribution is 2.32. The molecule has 4 heterocycles. The largest absolute Gasteiger partial charge is 0.494 e. The molecule has 0 spiro atoms. The lowest BCUT2D eigenvalue weighted by atomic mass is 9.86. The van der Waals surface area contributed by atoms with Crippen LogP contribution in [0.5, 0.6) is 5.75 Å². The van der Waals surface area contributed by atoms with Gasteiger partial charge in [-0.3, -0.25) is 35.3 Å². The molecule has 67 heavy (non-hydrogen) atoms. The zero-order chi connectivity index (χ0) is 47.0. The molecule has 2 fully saturated rings. The normalized spacial score (nSPS) is 16.9. The number of ether oxygens (including phenoxy) is 3. The van der Waals surface area contributed by atoms with E-state index in [1.54, 1.807) is 35.4 Å². The third kappa shape index (κ3) is 13.0. The minimum atomic E-state index is -0.772. The maximum Gasteiger partial charge on any atom is 0.255 e. The highest BCUT2D eigenvalue weighted by atomic mass is 16.5. The highest BCUT2D eigenvalue weighted by Gasteiger charge is 2.40. The summed E-state index contributed by atoms with van der Waals surface area (Å²) in [5.41, 5.74) is 3.99. The van der Waals surface area contributed by atoms with E-state index in [0.29, 0.717) is 101 Å². The molecule has 4 amide bonds. The Morgan fingerprint density at radius 2 is 1.69 bits per heavy atom. The second kappa shape index (κ2) is 23.6. The van der Waals surface area contributed by atoms with Crippen molar-refractivity contribution < 1.29 is 33.4 Å². The van der Waals surface area contributed by atoms with Gasteiger partial charge in [-0.25, -0.2) is 9.97 Å².